The quantitative estimate of drug-likeness (QED) is 0.895. The first kappa shape index (κ1) is 13.1. The molecule has 1 N–H and O–H groups in total. The lowest BCUT2D eigenvalue weighted by Gasteiger charge is -2.10. The summed E-state index contributed by atoms with van der Waals surface area (Å²) in [7, 11) is 0. The third-order valence-electron chi connectivity index (χ3n) is 2.94. The monoisotopic (exact) mass is 260 g/mol. The fourth-order valence-corrected chi connectivity index (χ4v) is 1.84. The lowest BCUT2D eigenvalue weighted by molar-refractivity contribution is 0.0696. The number of ether oxygens (including phenoxy) is 1. The highest BCUT2D eigenvalue weighted by Gasteiger charge is 2.06. The van der Waals surface area contributed by atoms with Crippen molar-refractivity contribution in [3.05, 3.63) is 47.5 Å². The number of aryl methyl sites for hydroxylation is 2. The molecule has 0 unspecified atom stereocenters. The second-order valence-electron chi connectivity index (χ2n) is 4.30. The highest BCUT2D eigenvalue weighted by Crippen LogP contribution is 2.19. The van der Waals surface area contributed by atoms with E-state index < -0.39 is 5.97 Å². The number of hydrogen-bond donors (Lipinski definition) is 1. The number of benzene rings is 1. The predicted octanol–water partition coefficient (Wildman–Crippen LogP) is 2.28. The molecule has 19 heavy (non-hydrogen) atoms. The molecule has 0 saturated heterocycles. The van der Waals surface area contributed by atoms with E-state index in [4.69, 9.17) is 9.84 Å². The number of carboxylic acid groups (broad SMARTS) is 1. The molecule has 2 aromatic rings. The van der Waals surface area contributed by atoms with Crippen LogP contribution in [-0.2, 0) is 6.54 Å². The minimum Gasteiger partial charge on any atom is -0.491 e. The van der Waals surface area contributed by atoms with Gasteiger partial charge in [0.15, 0.2) is 0 Å². The molecule has 1 aromatic heterocycles. The van der Waals surface area contributed by atoms with E-state index in [1.807, 2.05) is 24.6 Å². The number of aromatic carboxylic acids is 1. The van der Waals surface area contributed by atoms with Gasteiger partial charge in [0, 0.05) is 12.4 Å². The summed E-state index contributed by atoms with van der Waals surface area (Å²) in [5, 5.41) is 8.88. The Morgan fingerprint density at radius 3 is 2.79 bits per heavy atom. The summed E-state index contributed by atoms with van der Waals surface area (Å²) in [6.45, 7) is 5.01. The van der Waals surface area contributed by atoms with Gasteiger partial charge in [-0.1, -0.05) is 0 Å². The summed E-state index contributed by atoms with van der Waals surface area (Å²) in [6.07, 6.45) is 3.65. The number of aromatic nitrogens is 2. The van der Waals surface area contributed by atoms with Gasteiger partial charge in [-0.15, -0.1) is 0 Å². The maximum Gasteiger partial charge on any atom is 0.335 e. The Morgan fingerprint density at radius 2 is 2.21 bits per heavy atom. The van der Waals surface area contributed by atoms with Crippen LogP contribution in [0.4, 0.5) is 0 Å². The lowest BCUT2D eigenvalue weighted by Crippen LogP contribution is -2.09. The minimum absolute atomic E-state index is 0.273. The standard InChI is InChI=1S/C14H16N2O3/c1-10-9-12(14(17)18)3-4-13(10)19-8-7-16-6-5-15-11(16)2/h3-6,9H,7-8H2,1-2H3,(H,17,18). The number of carbonyl (C=O) groups is 1. The van der Waals surface area contributed by atoms with Gasteiger partial charge in [-0.25, -0.2) is 9.78 Å². The van der Waals surface area contributed by atoms with E-state index in [0.717, 1.165) is 11.4 Å². The molecule has 100 valence electrons. The van der Waals surface area contributed by atoms with Crippen molar-refractivity contribution >= 4 is 5.97 Å². The van der Waals surface area contributed by atoms with Crippen molar-refractivity contribution in [3.8, 4) is 5.75 Å². The molecule has 0 radical (unpaired) electrons. The molecule has 0 saturated carbocycles. The van der Waals surface area contributed by atoms with Crippen LogP contribution in [0.1, 0.15) is 21.7 Å². The Hall–Kier alpha value is -2.30. The number of carboxylic acids is 1. The van der Waals surface area contributed by atoms with Gasteiger partial charge >= 0.3 is 5.97 Å². The Morgan fingerprint density at radius 1 is 1.42 bits per heavy atom. The Kier molecular flexibility index (Phi) is 3.85. The van der Waals surface area contributed by atoms with Gasteiger partial charge < -0.3 is 14.4 Å². The van der Waals surface area contributed by atoms with E-state index in [1.54, 1.807) is 24.4 Å². The fourth-order valence-electron chi connectivity index (χ4n) is 1.84. The smallest absolute Gasteiger partial charge is 0.335 e. The SMILES string of the molecule is Cc1cc(C(=O)O)ccc1OCCn1ccnc1C. The van der Waals surface area contributed by atoms with Crippen molar-refractivity contribution < 1.29 is 14.6 Å². The van der Waals surface area contributed by atoms with Crippen LogP contribution < -0.4 is 4.74 Å². The molecular formula is C14H16N2O3. The first-order chi connectivity index (χ1) is 9.08. The number of nitrogens with zero attached hydrogens (tertiary/aromatic N) is 2. The van der Waals surface area contributed by atoms with E-state index in [2.05, 4.69) is 4.98 Å². The largest absolute Gasteiger partial charge is 0.491 e. The molecule has 0 amide bonds. The molecule has 0 bridgehead atoms. The Balaban J connectivity index is 1.96. The minimum atomic E-state index is -0.927. The summed E-state index contributed by atoms with van der Waals surface area (Å²) in [4.78, 5) is 15.0. The molecule has 1 aromatic carbocycles. The number of imidazole rings is 1. The van der Waals surface area contributed by atoms with Crippen molar-refractivity contribution in [2.45, 2.75) is 20.4 Å². The summed E-state index contributed by atoms with van der Waals surface area (Å²) in [5.74, 6) is 0.730. The van der Waals surface area contributed by atoms with Crippen LogP contribution in [0.3, 0.4) is 0 Å². The van der Waals surface area contributed by atoms with E-state index in [-0.39, 0.29) is 5.56 Å². The third kappa shape index (κ3) is 3.13. The van der Waals surface area contributed by atoms with Crippen LogP contribution >= 0.6 is 0 Å². The molecule has 2 rings (SSSR count). The molecule has 5 nitrogen and oxygen atoms in total. The van der Waals surface area contributed by atoms with Gasteiger partial charge in [-0.05, 0) is 37.6 Å². The Labute approximate surface area is 111 Å². The van der Waals surface area contributed by atoms with Gasteiger partial charge in [-0.2, -0.15) is 0 Å². The van der Waals surface area contributed by atoms with Crippen molar-refractivity contribution in [1.29, 1.82) is 0 Å². The van der Waals surface area contributed by atoms with Crippen LogP contribution in [0.5, 0.6) is 5.75 Å². The summed E-state index contributed by atoms with van der Waals surface area (Å²) >= 11 is 0. The molecule has 1 heterocycles. The molecular weight excluding hydrogens is 244 g/mol. The first-order valence-electron chi connectivity index (χ1n) is 6.02. The van der Waals surface area contributed by atoms with Crippen molar-refractivity contribution in [3.63, 3.8) is 0 Å². The molecule has 0 atom stereocenters. The average Bonchev–Trinajstić information content (AvgIpc) is 2.77. The first-order valence-corrected chi connectivity index (χ1v) is 6.02. The van der Waals surface area contributed by atoms with Gasteiger partial charge in [0.25, 0.3) is 0 Å². The lowest BCUT2D eigenvalue weighted by atomic mass is 10.1. The van der Waals surface area contributed by atoms with Gasteiger partial charge in [0.1, 0.15) is 18.2 Å². The zero-order chi connectivity index (χ0) is 13.8. The second kappa shape index (κ2) is 5.56. The number of hydrogen-bond acceptors (Lipinski definition) is 3. The van der Waals surface area contributed by atoms with Crippen molar-refractivity contribution in [2.24, 2.45) is 0 Å². The molecule has 0 aliphatic heterocycles. The molecule has 5 heteroatoms. The van der Waals surface area contributed by atoms with Crippen molar-refractivity contribution in [2.75, 3.05) is 6.61 Å². The van der Waals surface area contributed by atoms with E-state index in [1.165, 1.54) is 0 Å². The van der Waals surface area contributed by atoms with E-state index in [9.17, 15) is 4.79 Å². The molecule has 0 spiro atoms. The fraction of sp³-hybridized carbons (Fsp3) is 0.286. The third-order valence-corrected chi connectivity index (χ3v) is 2.94. The molecule has 0 fully saturated rings. The van der Waals surface area contributed by atoms with Crippen LogP contribution in [0.25, 0.3) is 0 Å². The van der Waals surface area contributed by atoms with E-state index >= 15 is 0 Å². The zero-order valence-electron chi connectivity index (χ0n) is 11.0. The van der Waals surface area contributed by atoms with Crippen molar-refractivity contribution in [1.82, 2.24) is 9.55 Å². The topological polar surface area (TPSA) is 64.3 Å². The highest BCUT2D eigenvalue weighted by atomic mass is 16.5. The normalized spacial score (nSPS) is 10.4. The van der Waals surface area contributed by atoms with Gasteiger partial charge in [0.05, 0.1) is 12.1 Å². The summed E-state index contributed by atoms with van der Waals surface area (Å²) < 4.78 is 7.66. The van der Waals surface area contributed by atoms with Crippen LogP contribution in [0.2, 0.25) is 0 Å². The maximum absolute atomic E-state index is 10.8. The Bertz CT molecular complexity index is 590. The average molecular weight is 260 g/mol. The summed E-state index contributed by atoms with van der Waals surface area (Å²) in [6, 6.07) is 4.85. The highest BCUT2D eigenvalue weighted by molar-refractivity contribution is 5.88. The second-order valence-corrected chi connectivity index (χ2v) is 4.30. The van der Waals surface area contributed by atoms with Gasteiger partial charge in [0.2, 0.25) is 0 Å². The molecule has 0 aliphatic rings. The zero-order valence-corrected chi connectivity index (χ0v) is 11.0. The van der Waals surface area contributed by atoms with Crippen LogP contribution in [0.15, 0.2) is 30.6 Å². The van der Waals surface area contributed by atoms with Gasteiger partial charge in [-0.3, -0.25) is 0 Å². The maximum atomic E-state index is 10.8. The number of rotatable bonds is 5. The summed E-state index contributed by atoms with van der Waals surface area (Å²) in [5.41, 5.74) is 1.09. The van der Waals surface area contributed by atoms with E-state index in [0.29, 0.717) is 18.9 Å². The predicted molar refractivity (Wildman–Crippen MR) is 70.6 cm³/mol. The van der Waals surface area contributed by atoms with Crippen LogP contribution in [-0.4, -0.2) is 27.2 Å². The van der Waals surface area contributed by atoms with Crippen LogP contribution in [0, 0.1) is 13.8 Å². The molecule has 0 aliphatic carbocycles.